The topological polar surface area (TPSA) is 105 Å². The van der Waals surface area contributed by atoms with Gasteiger partial charge in [0.05, 0.1) is 6.42 Å². The zero-order valence-electron chi connectivity index (χ0n) is 28.5. The summed E-state index contributed by atoms with van der Waals surface area (Å²) in [6.45, 7) is 11.8. The molecule has 0 radical (unpaired) electrons. The largest absolute Gasteiger partial charge is 0.488 e. The van der Waals surface area contributed by atoms with Crippen LogP contribution in [0.1, 0.15) is 79.8 Å². The number of Topliss-reactive ketones (excluding diaryl/α,β-unsaturated/α-hetero) is 2. The Morgan fingerprint density at radius 1 is 0.469 bits per heavy atom. The van der Waals surface area contributed by atoms with Gasteiger partial charge in [0.15, 0.2) is 11.6 Å². The fourth-order valence-electron chi connectivity index (χ4n) is 4.40. The van der Waals surface area contributed by atoms with Crippen LogP contribution in [0.4, 0.5) is 0 Å². The Morgan fingerprint density at radius 2 is 0.776 bits per heavy atom. The van der Waals surface area contributed by atoms with Gasteiger partial charge in [-0.15, -0.1) is 0 Å². The number of carbonyl (C=O) groups excluding carboxylic acids is 4. The lowest BCUT2D eigenvalue weighted by Gasteiger charge is -2.21. The standard InChI is InChI=1S/C41H40O8/c1-40(2,3)48-34-17-7-28(8-18-34)11-25-38(44)46-32-21-13-30(14-22-32)36(42)27-37(43)31-15-23-33(24-16-31)47-39(45)26-12-29-9-19-35(20-10-29)49-41(4,5)6/h7-26H,27H2,1-6H3/b25-11+,26-12+. The van der Waals surface area contributed by atoms with Gasteiger partial charge < -0.3 is 18.9 Å². The number of carbonyl (C=O) groups is 4. The minimum Gasteiger partial charge on any atom is -0.488 e. The molecule has 8 nitrogen and oxygen atoms in total. The smallest absolute Gasteiger partial charge is 0.336 e. The van der Waals surface area contributed by atoms with Crippen LogP contribution < -0.4 is 18.9 Å². The molecular weight excluding hydrogens is 620 g/mol. The van der Waals surface area contributed by atoms with Crippen molar-refractivity contribution in [2.24, 2.45) is 0 Å². The van der Waals surface area contributed by atoms with Gasteiger partial charge in [-0.05, 0) is 138 Å². The monoisotopic (exact) mass is 660 g/mol. The van der Waals surface area contributed by atoms with Crippen molar-refractivity contribution in [1.29, 1.82) is 0 Å². The number of hydrogen-bond donors (Lipinski definition) is 0. The summed E-state index contributed by atoms with van der Waals surface area (Å²) in [7, 11) is 0. The minimum atomic E-state index is -0.577. The molecule has 0 atom stereocenters. The molecule has 0 fully saturated rings. The molecule has 0 saturated carbocycles. The summed E-state index contributed by atoms with van der Waals surface area (Å²) in [6, 6.07) is 26.6. The molecule has 0 saturated heterocycles. The third-order valence-electron chi connectivity index (χ3n) is 6.54. The molecule has 4 aromatic rings. The van der Waals surface area contributed by atoms with Gasteiger partial charge in [-0.2, -0.15) is 0 Å². The van der Waals surface area contributed by atoms with E-state index < -0.39 is 11.9 Å². The summed E-state index contributed by atoms with van der Waals surface area (Å²) in [5, 5.41) is 0. The maximum atomic E-state index is 12.8. The molecule has 0 unspecified atom stereocenters. The van der Waals surface area contributed by atoms with E-state index in [-0.39, 0.29) is 40.7 Å². The molecule has 0 aliphatic rings. The molecule has 0 aliphatic heterocycles. The first-order valence-corrected chi connectivity index (χ1v) is 15.8. The lowest BCUT2D eigenvalue weighted by atomic mass is 10.0. The molecule has 0 bridgehead atoms. The normalized spacial score (nSPS) is 11.7. The van der Waals surface area contributed by atoms with Crippen LogP contribution in [0.2, 0.25) is 0 Å². The molecular formula is C41H40O8. The average Bonchev–Trinajstić information content (AvgIpc) is 3.03. The number of esters is 2. The van der Waals surface area contributed by atoms with Gasteiger partial charge in [0.1, 0.15) is 34.2 Å². The minimum absolute atomic E-state index is 0.259. The molecule has 0 spiro atoms. The van der Waals surface area contributed by atoms with Crippen molar-refractivity contribution in [2.45, 2.75) is 59.2 Å². The third kappa shape index (κ3) is 12.4. The van der Waals surface area contributed by atoms with Crippen molar-refractivity contribution in [3.63, 3.8) is 0 Å². The van der Waals surface area contributed by atoms with E-state index in [1.165, 1.54) is 60.7 Å². The highest BCUT2D eigenvalue weighted by atomic mass is 16.5. The maximum Gasteiger partial charge on any atom is 0.336 e. The Hall–Kier alpha value is -5.76. The van der Waals surface area contributed by atoms with Crippen molar-refractivity contribution in [2.75, 3.05) is 0 Å². The first-order chi connectivity index (χ1) is 23.1. The third-order valence-corrected chi connectivity index (χ3v) is 6.54. The second-order valence-corrected chi connectivity index (χ2v) is 13.1. The van der Waals surface area contributed by atoms with Gasteiger partial charge in [-0.25, -0.2) is 9.59 Å². The van der Waals surface area contributed by atoms with Crippen molar-refractivity contribution >= 4 is 35.7 Å². The van der Waals surface area contributed by atoms with Crippen LogP contribution in [0.15, 0.2) is 109 Å². The van der Waals surface area contributed by atoms with E-state index in [2.05, 4.69) is 0 Å². The summed E-state index contributed by atoms with van der Waals surface area (Å²) in [6.07, 6.45) is 5.52. The predicted molar refractivity (Wildman–Crippen MR) is 189 cm³/mol. The zero-order valence-corrected chi connectivity index (χ0v) is 28.5. The molecule has 0 heterocycles. The molecule has 4 aromatic carbocycles. The van der Waals surface area contributed by atoms with Crippen molar-refractivity contribution in [1.82, 2.24) is 0 Å². The van der Waals surface area contributed by atoms with E-state index in [9.17, 15) is 19.2 Å². The Morgan fingerprint density at radius 3 is 1.08 bits per heavy atom. The maximum absolute atomic E-state index is 12.8. The lowest BCUT2D eigenvalue weighted by molar-refractivity contribution is -0.129. The summed E-state index contributed by atoms with van der Waals surface area (Å²) < 4.78 is 22.3. The van der Waals surface area contributed by atoms with Crippen LogP contribution in [0.25, 0.3) is 12.2 Å². The van der Waals surface area contributed by atoms with Crippen LogP contribution in [-0.4, -0.2) is 34.7 Å². The Kier molecular flexibility index (Phi) is 11.7. The molecule has 8 heteroatoms. The second kappa shape index (κ2) is 15.9. The van der Waals surface area contributed by atoms with Crippen LogP contribution in [0.3, 0.4) is 0 Å². The summed E-state index contributed by atoms with van der Waals surface area (Å²) in [5.74, 6) is 0.0487. The van der Waals surface area contributed by atoms with Gasteiger partial charge in [0, 0.05) is 23.3 Å². The lowest BCUT2D eigenvalue weighted by Crippen LogP contribution is -2.22. The van der Waals surface area contributed by atoms with Gasteiger partial charge in [0.25, 0.3) is 0 Å². The van der Waals surface area contributed by atoms with Crippen LogP contribution in [0.5, 0.6) is 23.0 Å². The summed E-state index contributed by atoms with van der Waals surface area (Å²) >= 11 is 0. The first kappa shape index (κ1) is 36.1. The Labute approximate surface area is 287 Å². The van der Waals surface area contributed by atoms with E-state index in [4.69, 9.17) is 18.9 Å². The van der Waals surface area contributed by atoms with Gasteiger partial charge in [-0.3, -0.25) is 9.59 Å². The highest BCUT2D eigenvalue weighted by Crippen LogP contribution is 2.21. The van der Waals surface area contributed by atoms with Gasteiger partial charge >= 0.3 is 11.9 Å². The summed E-state index contributed by atoms with van der Waals surface area (Å²) in [5.41, 5.74) is 1.60. The van der Waals surface area contributed by atoms with Crippen molar-refractivity contribution in [3.05, 3.63) is 131 Å². The van der Waals surface area contributed by atoms with E-state index in [0.29, 0.717) is 11.1 Å². The zero-order chi connectivity index (χ0) is 35.6. The average molecular weight is 661 g/mol. The SMILES string of the molecule is CC(C)(C)Oc1ccc(/C=C/C(=O)Oc2ccc(C(=O)CC(=O)c3ccc(OC(=O)/C=C/c4ccc(OC(C)(C)C)cc4)cc3)cc2)cc1. The van der Waals surface area contributed by atoms with E-state index in [1.807, 2.05) is 90.1 Å². The molecule has 0 aromatic heterocycles. The number of ether oxygens (including phenoxy) is 4. The first-order valence-electron chi connectivity index (χ1n) is 15.8. The summed E-state index contributed by atoms with van der Waals surface area (Å²) in [4.78, 5) is 50.1. The molecule has 0 amide bonds. The quantitative estimate of drug-likeness (QED) is 0.0489. The predicted octanol–water partition coefficient (Wildman–Crippen LogP) is 8.73. The number of ketones is 2. The number of benzene rings is 4. The van der Waals surface area contributed by atoms with Crippen molar-refractivity contribution in [3.8, 4) is 23.0 Å². The fourth-order valence-corrected chi connectivity index (χ4v) is 4.40. The molecule has 49 heavy (non-hydrogen) atoms. The van der Waals surface area contributed by atoms with E-state index in [0.717, 1.165) is 22.6 Å². The van der Waals surface area contributed by atoms with Crippen LogP contribution >= 0.6 is 0 Å². The van der Waals surface area contributed by atoms with Crippen molar-refractivity contribution < 1.29 is 38.1 Å². The van der Waals surface area contributed by atoms with E-state index in [1.54, 1.807) is 12.2 Å². The van der Waals surface area contributed by atoms with Gasteiger partial charge in [0.2, 0.25) is 0 Å². The highest BCUT2D eigenvalue weighted by Gasteiger charge is 2.15. The molecule has 0 aliphatic carbocycles. The number of rotatable bonds is 12. The molecule has 4 rings (SSSR count). The van der Waals surface area contributed by atoms with Crippen LogP contribution in [-0.2, 0) is 9.59 Å². The molecule has 0 N–H and O–H groups in total. The second-order valence-electron chi connectivity index (χ2n) is 13.1. The van der Waals surface area contributed by atoms with Gasteiger partial charge in [-0.1, -0.05) is 24.3 Å². The highest BCUT2D eigenvalue weighted by molar-refractivity contribution is 6.13. The fraction of sp³-hybridized carbons (Fsp3) is 0.220. The molecule has 252 valence electrons. The number of hydrogen-bond acceptors (Lipinski definition) is 8. The Bertz CT molecular complexity index is 1680. The van der Waals surface area contributed by atoms with E-state index >= 15 is 0 Å². The Balaban J connectivity index is 1.23. The van der Waals surface area contributed by atoms with Crippen LogP contribution in [0, 0.1) is 0 Å².